The summed E-state index contributed by atoms with van der Waals surface area (Å²) in [6.07, 6.45) is 1.57. The smallest absolute Gasteiger partial charge is 0.326 e. The molecule has 0 radical (unpaired) electrons. The highest BCUT2D eigenvalue weighted by Gasteiger charge is 2.21. The minimum Gasteiger partial charge on any atom is -0.480 e. The third kappa shape index (κ3) is 3.74. The number of aliphatic carboxylic acids is 1. The number of nitrogens with two attached hydrogens (primary N) is 1. The number of nitrogens with one attached hydrogen (secondary N) is 2. The summed E-state index contributed by atoms with van der Waals surface area (Å²) >= 11 is 0. The Bertz CT molecular complexity index is 490. The first-order chi connectivity index (χ1) is 8.43. The second-order valence-electron chi connectivity index (χ2n) is 3.90. The second-order valence-corrected chi connectivity index (χ2v) is 3.90. The summed E-state index contributed by atoms with van der Waals surface area (Å²) in [5.74, 6) is -1.59. The van der Waals surface area contributed by atoms with Crippen molar-refractivity contribution in [3.05, 3.63) is 22.4 Å². The fourth-order valence-electron chi connectivity index (χ4n) is 1.47. The van der Waals surface area contributed by atoms with Gasteiger partial charge in [0.05, 0.1) is 0 Å². The fraction of sp³-hybridized carbons (Fsp3) is 0.500. The number of H-pyrrole nitrogens is 1. The van der Waals surface area contributed by atoms with Crippen molar-refractivity contribution in [1.29, 1.82) is 0 Å². The summed E-state index contributed by atoms with van der Waals surface area (Å²) in [6, 6.07) is -1.08. The molecule has 18 heavy (non-hydrogen) atoms. The lowest BCUT2D eigenvalue weighted by Gasteiger charge is -2.13. The number of carbonyl (C=O) groups is 2. The van der Waals surface area contributed by atoms with Crippen LogP contribution in [0.15, 0.2) is 11.0 Å². The maximum Gasteiger partial charge on any atom is 0.326 e. The Morgan fingerprint density at radius 3 is 2.72 bits per heavy atom. The van der Waals surface area contributed by atoms with Crippen LogP contribution in [0.4, 0.5) is 0 Å². The van der Waals surface area contributed by atoms with E-state index in [1.54, 1.807) is 7.05 Å². The van der Waals surface area contributed by atoms with E-state index in [9.17, 15) is 14.4 Å². The Hall–Kier alpha value is -2.09. The minimum absolute atomic E-state index is 0.0156. The number of hydrogen-bond acceptors (Lipinski definition) is 4. The number of carbonyl (C=O) groups excluding carboxylic acids is 1. The van der Waals surface area contributed by atoms with Gasteiger partial charge in [-0.1, -0.05) is 0 Å². The van der Waals surface area contributed by atoms with Gasteiger partial charge in [-0.3, -0.25) is 4.79 Å². The van der Waals surface area contributed by atoms with Crippen LogP contribution in [-0.2, 0) is 23.1 Å². The van der Waals surface area contributed by atoms with E-state index in [2.05, 4.69) is 10.3 Å². The number of rotatable bonds is 6. The van der Waals surface area contributed by atoms with E-state index < -0.39 is 17.9 Å². The molecular weight excluding hydrogens is 240 g/mol. The van der Waals surface area contributed by atoms with E-state index in [0.717, 1.165) is 0 Å². The van der Waals surface area contributed by atoms with Crippen molar-refractivity contribution in [2.24, 2.45) is 12.8 Å². The van der Waals surface area contributed by atoms with E-state index >= 15 is 0 Å². The Labute approximate surface area is 103 Å². The van der Waals surface area contributed by atoms with Crippen molar-refractivity contribution in [2.75, 3.05) is 6.54 Å². The van der Waals surface area contributed by atoms with Gasteiger partial charge in [0.1, 0.15) is 6.04 Å². The maximum absolute atomic E-state index is 11.3. The third-order valence-corrected chi connectivity index (χ3v) is 2.37. The number of carboxylic acids is 1. The molecule has 0 spiro atoms. The predicted molar refractivity (Wildman–Crippen MR) is 63.0 cm³/mol. The molecule has 8 heteroatoms. The fourth-order valence-corrected chi connectivity index (χ4v) is 1.47. The van der Waals surface area contributed by atoms with Gasteiger partial charge in [-0.15, -0.1) is 0 Å². The van der Waals surface area contributed by atoms with Gasteiger partial charge in [0.15, 0.2) is 0 Å². The molecular formula is C10H16N4O4. The molecule has 8 nitrogen and oxygen atoms in total. The highest BCUT2D eigenvalue weighted by molar-refractivity contribution is 5.83. The molecule has 0 aliphatic rings. The topological polar surface area (TPSA) is 130 Å². The molecule has 0 aromatic carbocycles. The van der Waals surface area contributed by atoms with Crippen LogP contribution in [0.5, 0.6) is 0 Å². The van der Waals surface area contributed by atoms with Crippen LogP contribution in [0.25, 0.3) is 0 Å². The lowest BCUT2D eigenvalue weighted by Crippen LogP contribution is -2.43. The lowest BCUT2D eigenvalue weighted by atomic mass is 10.1. The molecule has 0 saturated heterocycles. The molecule has 1 aromatic rings. The van der Waals surface area contributed by atoms with Gasteiger partial charge in [0.25, 0.3) is 0 Å². The molecule has 1 heterocycles. The monoisotopic (exact) mass is 256 g/mol. The number of nitrogens with zero attached hydrogens (tertiary/aromatic N) is 1. The van der Waals surface area contributed by atoms with Crippen molar-refractivity contribution in [3.8, 4) is 0 Å². The molecule has 1 amide bonds. The second kappa shape index (κ2) is 6.01. The molecule has 5 N–H and O–H groups in total. The van der Waals surface area contributed by atoms with Crippen molar-refractivity contribution in [2.45, 2.75) is 18.9 Å². The maximum atomic E-state index is 11.3. The first-order valence-corrected chi connectivity index (χ1v) is 5.40. The summed E-state index contributed by atoms with van der Waals surface area (Å²) < 4.78 is 1.30. The van der Waals surface area contributed by atoms with Crippen molar-refractivity contribution < 1.29 is 14.7 Å². The van der Waals surface area contributed by atoms with Crippen LogP contribution in [-0.4, -0.2) is 39.1 Å². The number of aromatic amines is 1. The Balaban J connectivity index is 2.71. The van der Waals surface area contributed by atoms with E-state index in [4.69, 9.17) is 10.8 Å². The number of imidazole rings is 1. The van der Waals surface area contributed by atoms with E-state index in [1.807, 2.05) is 0 Å². The average Bonchev–Trinajstić information content (AvgIpc) is 2.57. The van der Waals surface area contributed by atoms with Gasteiger partial charge in [-0.2, -0.15) is 0 Å². The van der Waals surface area contributed by atoms with Crippen molar-refractivity contribution >= 4 is 11.9 Å². The zero-order valence-corrected chi connectivity index (χ0v) is 9.97. The Kier molecular flexibility index (Phi) is 4.67. The molecule has 0 aliphatic heterocycles. The number of aromatic nitrogens is 2. The Morgan fingerprint density at radius 1 is 1.61 bits per heavy atom. The molecule has 0 aliphatic carbocycles. The van der Waals surface area contributed by atoms with Crippen molar-refractivity contribution in [1.82, 2.24) is 14.9 Å². The average molecular weight is 256 g/mol. The minimum atomic E-state index is -1.16. The van der Waals surface area contributed by atoms with Crippen LogP contribution < -0.4 is 16.7 Å². The number of amides is 1. The van der Waals surface area contributed by atoms with Crippen LogP contribution >= 0.6 is 0 Å². The molecule has 0 saturated carbocycles. The number of carboxylic acid groups (broad SMARTS) is 1. The van der Waals surface area contributed by atoms with Gasteiger partial charge in [-0.25, -0.2) is 9.59 Å². The number of aryl methyl sites for hydroxylation is 1. The summed E-state index contributed by atoms with van der Waals surface area (Å²) in [5, 5.41) is 11.3. The van der Waals surface area contributed by atoms with Crippen LogP contribution in [0, 0.1) is 0 Å². The van der Waals surface area contributed by atoms with Crippen LogP contribution in [0.1, 0.15) is 12.1 Å². The van der Waals surface area contributed by atoms with E-state index in [0.29, 0.717) is 5.69 Å². The third-order valence-electron chi connectivity index (χ3n) is 2.37. The molecule has 0 unspecified atom stereocenters. The lowest BCUT2D eigenvalue weighted by molar-refractivity contribution is -0.141. The van der Waals surface area contributed by atoms with E-state index in [1.165, 1.54) is 10.8 Å². The summed E-state index contributed by atoms with van der Waals surface area (Å²) in [5.41, 5.74) is 5.31. The Morgan fingerprint density at radius 2 is 2.28 bits per heavy atom. The zero-order valence-electron chi connectivity index (χ0n) is 9.97. The van der Waals surface area contributed by atoms with Gasteiger partial charge in [0.2, 0.25) is 5.91 Å². The quantitative estimate of drug-likeness (QED) is 0.476. The SMILES string of the molecule is Cn1cc(C[C@H](NC(=O)CCN)C(=O)O)[nH]c1=O. The van der Waals surface area contributed by atoms with Gasteiger partial charge < -0.3 is 25.7 Å². The van der Waals surface area contributed by atoms with Crippen LogP contribution in [0.2, 0.25) is 0 Å². The predicted octanol–water partition coefficient (Wildman–Crippen LogP) is -1.83. The van der Waals surface area contributed by atoms with Gasteiger partial charge in [0, 0.05) is 38.3 Å². The first kappa shape index (κ1) is 14.0. The van der Waals surface area contributed by atoms with Gasteiger partial charge in [-0.05, 0) is 0 Å². The zero-order chi connectivity index (χ0) is 13.7. The summed E-state index contributed by atoms with van der Waals surface area (Å²) in [4.78, 5) is 36.0. The molecule has 0 fully saturated rings. The summed E-state index contributed by atoms with van der Waals surface area (Å²) in [7, 11) is 1.55. The van der Waals surface area contributed by atoms with E-state index in [-0.39, 0.29) is 25.1 Å². The summed E-state index contributed by atoms with van der Waals surface area (Å²) in [6.45, 7) is 0.153. The number of hydrogen-bond donors (Lipinski definition) is 4. The molecule has 1 rings (SSSR count). The first-order valence-electron chi connectivity index (χ1n) is 5.40. The standard InChI is InChI=1S/C10H16N4O4/c1-14-5-6(12-10(14)18)4-7(9(16)17)13-8(15)2-3-11/h5,7H,2-4,11H2,1H3,(H,12,18)(H,13,15)(H,16,17)/t7-/m0/s1. The molecule has 100 valence electrons. The molecule has 1 atom stereocenters. The van der Waals surface area contributed by atoms with Gasteiger partial charge >= 0.3 is 11.7 Å². The largest absolute Gasteiger partial charge is 0.480 e. The molecule has 1 aromatic heterocycles. The highest BCUT2D eigenvalue weighted by Crippen LogP contribution is 1.99. The van der Waals surface area contributed by atoms with Crippen LogP contribution in [0.3, 0.4) is 0 Å². The van der Waals surface area contributed by atoms with Crippen molar-refractivity contribution in [3.63, 3.8) is 0 Å². The normalized spacial score (nSPS) is 12.1. The molecule has 0 bridgehead atoms. The highest BCUT2D eigenvalue weighted by atomic mass is 16.4.